The molecule has 198 valence electrons. The van der Waals surface area contributed by atoms with Gasteiger partial charge in [-0.15, -0.1) is 0 Å². The number of morpholine rings is 1. The van der Waals surface area contributed by atoms with E-state index in [4.69, 9.17) is 4.74 Å². The van der Waals surface area contributed by atoms with Crippen molar-refractivity contribution in [1.82, 2.24) is 15.4 Å². The van der Waals surface area contributed by atoms with Gasteiger partial charge < -0.3 is 15.1 Å². The molecule has 1 aliphatic rings. The van der Waals surface area contributed by atoms with Gasteiger partial charge in [-0.3, -0.25) is 10.4 Å². The van der Waals surface area contributed by atoms with E-state index >= 15 is 0 Å². The average Bonchev–Trinajstić information content (AvgIpc) is 2.86. The van der Waals surface area contributed by atoms with Crippen LogP contribution in [0.5, 0.6) is 0 Å². The summed E-state index contributed by atoms with van der Waals surface area (Å²) >= 11 is 0. The topological polar surface area (TPSA) is 74.7 Å². The van der Waals surface area contributed by atoms with Gasteiger partial charge in [0, 0.05) is 25.0 Å². The molecule has 2 heterocycles. The number of anilines is 2. The standard InChI is InChI=1S/C26H30F4N6O/c1-5-19(15-32-35-25-31-16-23(27)24(34-25)36-9-11-37-12-10-36)22(17(2)3)13-18(4)33-21-8-6-7-20(14-21)26(28,29)30/h5-8,13-17,32H,1,9-12H2,2-4H3,(H,31,34,35). The number of alkyl halides is 3. The molecule has 1 fully saturated rings. The number of allylic oxidation sites excluding steroid dienone is 4. The van der Waals surface area contributed by atoms with E-state index in [1.54, 1.807) is 30.2 Å². The summed E-state index contributed by atoms with van der Waals surface area (Å²) < 4.78 is 58.6. The molecule has 3 rings (SSSR count). The maximum absolute atomic E-state index is 14.3. The fourth-order valence-corrected chi connectivity index (χ4v) is 3.65. The number of hydrogen-bond acceptors (Lipinski definition) is 7. The summed E-state index contributed by atoms with van der Waals surface area (Å²) in [6, 6.07) is 4.87. The van der Waals surface area contributed by atoms with Crippen LogP contribution in [0.2, 0.25) is 0 Å². The molecule has 2 N–H and O–H groups in total. The third-order valence-electron chi connectivity index (χ3n) is 5.47. The largest absolute Gasteiger partial charge is 0.416 e. The molecule has 1 saturated heterocycles. The number of hydrazine groups is 1. The molecule has 0 unspecified atom stereocenters. The number of ether oxygens (including phenoxy) is 1. The number of halogens is 4. The van der Waals surface area contributed by atoms with Crippen LogP contribution in [0.1, 0.15) is 26.3 Å². The first-order valence-corrected chi connectivity index (χ1v) is 11.7. The maximum atomic E-state index is 14.3. The predicted octanol–water partition coefficient (Wildman–Crippen LogP) is 5.83. The van der Waals surface area contributed by atoms with Gasteiger partial charge >= 0.3 is 6.18 Å². The molecule has 0 radical (unpaired) electrons. The molecule has 1 aliphatic heterocycles. The van der Waals surface area contributed by atoms with E-state index < -0.39 is 17.6 Å². The molecule has 7 nitrogen and oxygen atoms in total. The number of aliphatic imine (C=N–C) groups is 1. The smallest absolute Gasteiger partial charge is 0.378 e. The highest BCUT2D eigenvalue weighted by Crippen LogP contribution is 2.31. The van der Waals surface area contributed by atoms with Crippen LogP contribution < -0.4 is 15.8 Å². The monoisotopic (exact) mass is 518 g/mol. The van der Waals surface area contributed by atoms with Gasteiger partial charge in [-0.2, -0.15) is 18.2 Å². The van der Waals surface area contributed by atoms with Crippen LogP contribution in [0.25, 0.3) is 0 Å². The summed E-state index contributed by atoms with van der Waals surface area (Å²) in [4.78, 5) is 14.4. The Balaban J connectivity index is 1.77. The molecule has 0 amide bonds. The third-order valence-corrected chi connectivity index (χ3v) is 5.47. The summed E-state index contributed by atoms with van der Waals surface area (Å²) in [5, 5.41) is 0. The van der Waals surface area contributed by atoms with E-state index in [1.165, 1.54) is 12.1 Å². The van der Waals surface area contributed by atoms with Gasteiger partial charge in [0.2, 0.25) is 5.95 Å². The first kappa shape index (κ1) is 27.9. The van der Waals surface area contributed by atoms with Gasteiger partial charge in [0.1, 0.15) is 0 Å². The Morgan fingerprint density at radius 3 is 2.62 bits per heavy atom. The van der Waals surface area contributed by atoms with Crippen LogP contribution in [-0.4, -0.2) is 42.0 Å². The first-order chi connectivity index (χ1) is 17.6. The molecule has 0 atom stereocenters. The lowest BCUT2D eigenvalue weighted by atomic mass is 9.94. The van der Waals surface area contributed by atoms with E-state index in [0.717, 1.165) is 29.5 Å². The van der Waals surface area contributed by atoms with Crippen molar-refractivity contribution in [3.05, 3.63) is 77.9 Å². The Labute approximate surface area is 213 Å². The first-order valence-electron chi connectivity index (χ1n) is 11.7. The van der Waals surface area contributed by atoms with Crippen molar-refractivity contribution in [3.8, 4) is 0 Å². The van der Waals surface area contributed by atoms with E-state index in [2.05, 4.69) is 32.4 Å². The summed E-state index contributed by atoms with van der Waals surface area (Å²) in [5.74, 6) is -0.0947. The number of aromatic nitrogens is 2. The van der Waals surface area contributed by atoms with E-state index in [-0.39, 0.29) is 23.4 Å². The van der Waals surface area contributed by atoms with Crippen molar-refractivity contribution in [2.75, 3.05) is 36.6 Å². The van der Waals surface area contributed by atoms with E-state index in [0.29, 0.717) is 32.0 Å². The second kappa shape index (κ2) is 12.5. The summed E-state index contributed by atoms with van der Waals surface area (Å²) in [5.41, 5.74) is 7.30. The lowest BCUT2D eigenvalue weighted by molar-refractivity contribution is -0.137. The van der Waals surface area contributed by atoms with Crippen LogP contribution in [0, 0.1) is 11.7 Å². The molecule has 0 bridgehead atoms. The lowest BCUT2D eigenvalue weighted by Gasteiger charge is -2.28. The molecule has 0 aliphatic carbocycles. The Bertz CT molecular complexity index is 1180. The SMILES string of the molecule is C=CC(=CNNc1ncc(F)c(N2CCOCC2)n1)C(=CC(C)=Nc1cccc(C(F)(F)F)c1)C(C)C. The zero-order valence-corrected chi connectivity index (χ0v) is 20.9. The van der Waals surface area contributed by atoms with Crippen molar-refractivity contribution in [1.29, 1.82) is 0 Å². The van der Waals surface area contributed by atoms with E-state index in [9.17, 15) is 17.6 Å². The quantitative estimate of drug-likeness (QED) is 0.188. The van der Waals surface area contributed by atoms with Crippen molar-refractivity contribution in [2.45, 2.75) is 26.9 Å². The van der Waals surface area contributed by atoms with Gasteiger partial charge in [-0.25, -0.2) is 9.37 Å². The maximum Gasteiger partial charge on any atom is 0.416 e. The Morgan fingerprint density at radius 1 is 1.24 bits per heavy atom. The molecule has 2 aromatic rings. The summed E-state index contributed by atoms with van der Waals surface area (Å²) in [6.07, 6.45) is 1.76. The summed E-state index contributed by atoms with van der Waals surface area (Å²) in [6.45, 7) is 11.6. The Morgan fingerprint density at radius 2 is 1.97 bits per heavy atom. The average molecular weight is 519 g/mol. The van der Waals surface area contributed by atoms with E-state index in [1.807, 2.05) is 13.8 Å². The number of nitrogens with zero attached hydrogens (tertiary/aromatic N) is 4. The van der Waals surface area contributed by atoms with Crippen LogP contribution in [-0.2, 0) is 10.9 Å². The lowest BCUT2D eigenvalue weighted by Crippen LogP contribution is -2.37. The molecule has 1 aromatic heterocycles. The molecule has 1 aromatic carbocycles. The fraction of sp³-hybridized carbons (Fsp3) is 0.346. The molecular weight excluding hydrogens is 488 g/mol. The molecule has 0 saturated carbocycles. The Hall–Kier alpha value is -3.73. The minimum absolute atomic E-state index is 0.0488. The second-order valence-corrected chi connectivity index (χ2v) is 8.59. The van der Waals surface area contributed by atoms with Crippen LogP contribution in [0.3, 0.4) is 0 Å². The second-order valence-electron chi connectivity index (χ2n) is 8.59. The zero-order chi connectivity index (χ0) is 27.0. The molecule has 0 spiro atoms. The van der Waals surface area contributed by atoms with Crippen LogP contribution >= 0.6 is 0 Å². The number of nitrogens with one attached hydrogen (secondary N) is 2. The molecular formula is C26H30F4N6O. The number of benzene rings is 1. The summed E-state index contributed by atoms with van der Waals surface area (Å²) in [7, 11) is 0. The van der Waals surface area contributed by atoms with Gasteiger partial charge in [0.05, 0.1) is 30.7 Å². The predicted molar refractivity (Wildman–Crippen MR) is 137 cm³/mol. The van der Waals surface area contributed by atoms with Crippen molar-refractivity contribution in [2.24, 2.45) is 10.9 Å². The highest BCUT2D eigenvalue weighted by molar-refractivity contribution is 5.96. The van der Waals surface area contributed by atoms with Gasteiger partial charge in [-0.05, 0) is 48.3 Å². The van der Waals surface area contributed by atoms with Crippen LogP contribution in [0.4, 0.5) is 35.0 Å². The van der Waals surface area contributed by atoms with Gasteiger partial charge in [-0.1, -0.05) is 32.6 Å². The highest BCUT2D eigenvalue weighted by Gasteiger charge is 2.30. The number of hydrogen-bond donors (Lipinski definition) is 2. The Kier molecular flexibility index (Phi) is 9.40. The minimum Gasteiger partial charge on any atom is -0.378 e. The molecule has 11 heteroatoms. The van der Waals surface area contributed by atoms with Crippen LogP contribution in [0.15, 0.2) is 71.5 Å². The minimum atomic E-state index is -4.44. The third kappa shape index (κ3) is 7.88. The fourth-order valence-electron chi connectivity index (χ4n) is 3.65. The van der Waals surface area contributed by atoms with Gasteiger partial charge in [0.25, 0.3) is 0 Å². The highest BCUT2D eigenvalue weighted by atomic mass is 19.4. The van der Waals surface area contributed by atoms with Crippen molar-refractivity contribution >= 4 is 23.2 Å². The normalized spacial score (nSPS) is 15.7. The number of rotatable bonds is 9. The van der Waals surface area contributed by atoms with Crippen molar-refractivity contribution in [3.63, 3.8) is 0 Å². The zero-order valence-electron chi connectivity index (χ0n) is 20.9. The van der Waals surface area contributed by atoms with Gasteiger partial charge in [0.15, 0.2) is 11.6 Å². The van der Waals surface area contributed by atoms with Crippen molar-refractivity contribution < 1.29 is 22.3 Å². The molecule has 37 heavy (non-hydrogen) atoms.